The van der Waals surface area contributed by atoms with Crippen LogP contribution in [0.25, 0.3) is 0 Å². The van der Waals surface area contributed by atoms with E-state index in [4.69, 9.17) is 0 Å². The molecule has 1 fully saturated rings. The van der Waals surface area contributed by atoms with Crippen molar-refractivity contribution in [3.8, 4) is 0 Å². The van der Waals surface area contributed by atoms with Crippen LogP contribution in [0.2, 0.25) is 0 Å². The summed E-state index contributed by atoms with van der Waals surface area (Å²) in [6, 6.07) is 1.03. The minimum atomic E-state index is 0.321. The summed E-state index contributed by atoms with van der Waals surface area (Å²) in [5.74, 6) is 0.738. The molecule has 1 heterocycles. The molecule has 0 amide bonds. The molecule has 1 N–H and O–H groups in total. The Morgan fingerprint density at radius 1 is 1.38 bits per heavy atom. The van der Waals surface area contributed by atoms with Crippen LogP contribution in [0, 0.1) is 5.92 Å². The molecule has 1 aliphatic heterocycles. The van der Waals surface area contributed by atoms with Crippen molar-refractivity contribution in [1.82, 2.24) is 9.80 Å². The van der Waals surface area contributed by atoms with E-state index in [2.05, 4.69) is 37.7 Å². The van der Waals surface area contributed by atoms with Crippen molar-refractivity contribution < 1.29 is 5.11 Å². The molecule has 3 nitrogen and oxygen atoms in total. The Bertz CT molecular complexity index is 194. The van der Waals surface area contributed by atoms with E-state index in [1.807, 2.05) is 0 Å². The lowest BCUT2D eigenvalue weighted by molar-refractivity contribution is 0.117. The van der Waals surface area contributed by atoms with Crippen molar-refractivity contribution >= 4 is 0 Å². The molecule has 0 aliphatic carbocycles. The van der Waals surface area contributed by atoms with E-state index in [0.717, 1.165) is 19.0 Å². The van der Waals surface area contributed by atoms with Crippen molar-refractivity contribution in [3.05, 3.63) is 0 Å². The van der Waals surface area contributed by atoms with Gasteiger partial charge >= 0.3 is 0 Å². The fraction of sp³-hybridized carbons (Fsp3) is 1.00. The summed E-state index contributed by atoms with van der Waals surface area (Å²) >= 11 is 0. The van der Waals surface area contributed by atoms with Crippen LogP contribution < -0.4 is 0 Å². The lowest BCUT2D eigenvalue weighted by Gasteiger charge is -2.32. The lowest BCUT2D eigenvalue weighted by atomic mass is 10.0. The number of nitrogens with zero attached hydrogens (tertiary/aromatic N) is 2. The van der Waals surface area contributed by atoms with E-state index in [0.29, 0.717) is 18.7 Å². The van der Waals surface area contributed by atoms with Crippen LogP contribution in [0.15, 0.2) is 0 Å². The average molecular weight is 228 g/mol. The fourth-order valence-corrected chi connectivity index (χ4v) is 2.61. The van der Waals surface area contributed by atoms with Crippen molar-refractivity contribution in [2.24, 2.45) is 5.92 Å². The first kappa shape index (κ1) is 13.9. The summed E-state index contributed by atoms with van der Waals surface area (Å²) in [5.41, 5.74) is 0. The Kier molecular flexibility index (Phi) is 5.73. The van der Waals surface area contributed by atoms with E-state index < -0.39 is 0 Å². The number of hydrogen-bond acceptors (Lipinski definition) is 3. The van der Waals surface area contributed by atoms with Gasteiger partial charge in [-0.3, -0.25) is 4.90 Å². The van der Waals surface area contributed by atoms with Crippen LogP contribution in [0.5, 0.6) is 0 Å². The molecule has 1 rings (SSSR count). The predicted octanol–water partition coefficient (Wildman–Crippen LogP) is 1.42. The SMILES string of the molecule is CC(C)C[C@@H](CN1CCC[C@H]1CO)N(C)C. The minimum Gasteiger partial charge on any atom is -0.395 e. The molecule has 2 atom stereocenters. The number of aliphatic hydroxyl groups is 1. The molecule has 0 aromatic carbocycles. The first-order chi connectivity index (χ1) is 7.54. The quantitative estimate of drug-likeness (QED) is 0.745. The van der Waals surface area contributed by atoms with Gasteiger partial charge in [-0.25, -0.2) is 0 Å². The topological polar surface area (TPSA) is 26.7 Å². The van der Waals surface area contributed by atoms with Gasteiger partial charge in [-0.2, -0.15) is 0 Å². The Morgan fingerprint density at radius 3 is 2.56 bits per heavy atom. The summed E-state index contributed by atoms with van der Waals surface area (Å²) in [6.45, 7) is 7.15. The molecule has 0 bridgehead atoms. The van der Waals surface area contributed by atoms with Gasteiger partial charge in [0.05, 0.1) is 6.61 Å². The molecule has 3 heteroatoms. The average Bonchev–Trinajstić information content (AvgIpc) is 2.63. The third-order valence-corrected chi connectivity index (χ3v) is 3.63. The van der Waals surface area contributed by atoms with Crippen LogP contribution in [0.1, 0.15) is 33.1 Å². The van der Waals surface area contributed by atoms with Gasteiger partial charge < -0.3 is 10.0 Å². The molecular weight excluding hydrogens is 200 g/mol. The lowest BCUT2D eigenvalue weighted by Crippen LogP contribution is -2.44. The van der Waals surface area contributed by atoms with Crippen LogP contribution in [-0.4, -0.2) is 60.8 Å². The molecule has 0 radical (unpaired) electrons. The predicted molar refractivity (Wildman–Crippen MR) is 68.6 cm³/mol. The van der Waals surface area contributed by atoms with Gasteiger partial charge in [0, 0.05) is 18.6 Å². The third-order valence-electron chi connectivity index (χ3n) is 3.63. The second kappa shape index (κ2) is 6.58. The normalized spacial score (nSPS) is 24.6. The number of likely N-dealkylation sites (tertiary alicyclic amines) is 1. The maximum Gasteiger partial charge on any atom is 0.0586 e. The van der Waals surface area contributed by atoms with Gasteiger partial charge in [0.2, 0.25) is 0 Å². The summed E-state index contributed by atoms with van der Waals surface area (Å²) in [7, 11) is 4.33. The van der Waals surface area contributed by atoms with Gasteiger partial charge in [0.25, 0.3) is 0 Å². The standard InChI is InChI=1S/C13H28N2O/c1-11(2)8-13(14(3)4)9-15-7-5-6-12(15)10-16/h11-13,16H,5-10H2,1-4H3/t12-,13-/m0/s1. The molecule has 0 aromatic heterocycles. The highest BCUT2D eigenvalue weighted by atomic mass is 16.3. The number of likely N-dealkylation sites (N-methyl/N-ethyl adjacent to an activating group) is 1. The smallest absolute Gasteiger partial charge is 0.0586 e. The van der Waals surface area contributed by atoms with Crippen molar-refractivity contribution in [2.75, 3.05) is 33.8 Å². The van der Waals surface area contributed by atoms with E-state index in [9.17, 15) is 5.11 Å². The van der Waals surface area contributed by atoms with Gasteiger partial charge in [0.1, 0.15) is 0 Å². The molecule has 0 spiro atoms. The first-order valence-electron chi connectivity index (χ1n) is 6.56. The summed E-state index contributed by atoms with van der Waals surface area (Å²) in [6.07, 6.45) is 3.65. The van der Waals surface area contributed by atoms with Crippen LogP contribution >= 0.6 is 0 Å². The Balaban J connectivity index is 2.47. The first-order valence-corrected chi connectivity index (χ1v) is 6.56. The molecule has 96 valence electrons. The number of aliphatic hydroxyl groups excluding tert-OH is 1. The third kappa shape index (κ3) is 4.04. The highest BCUT2D eigenvalue weighted by Crippen LogP contribution is 2.19. The van der Waals surface area contributed by atoms with E-state index in [1.165, 1.54) is 19.3 Å². The molecule has 1 aliphatic rings. The minimum absolute atomic E-state index is 0.321. The zero-order valence-corrected chi connectivity index (χ0v) is 11.3. The maximum atomic E-state index is 9.31. The fourth-order valence-electron chi connectivity index (χ4n) is 2.61. The zero-order valence-electron chi connectivity index (χ0n) is 11.3. The summed E-state index contributed by atoms with van der Waals surface area (Å²) in [4.78, 5) is 4.79. The Morgan fingerprint density at radius 2 is 2.06 bits per heavy atom. The molecule has 0 unspecified atom stereocenters. The van der Waals surface area contributed by atoms with Gasteiger partial charge in [-0.1, -0.05) is 13.8 Å². The molecule has 0 aromatic rings. The van der Waals surface area contributed by atoms with E-state index in [1.54, 1.807) is 0 Å². The molecule has 0 saturated carbocycles. The van der Waals surface area contributed by atoms with Crippen LogP contribution in [0.3, 0.4) is 0 Å². The van der Waals surface area contributed by atoms with Crippen LogP contribution in [0.4, 0.5) is 0 Å². The highest BCUT2D eigenvalue weighted by molar-refractivity contribution is 4.83. The second-order valence-electron chi connectivity index (χ2n) is 5.72. The maximum absolute atomic E-state index is 9.31. The van der Waals surface area contributed by atoms with E-state index >= 15 is 0 Å². The Labute approximate surface area is 100 Å². The van der Waals surface area contributed by atoms with Gasteiger partial charge in [0.15, 0.2) is 0 Å². The molecule has 16 heavy (non-hydrogen) atoms. The zero-order chi connectivity index (χ0) is 12.1. The van der Waals surface area contributed by atoms with E-state index in [-0.39, 0.29) is 0 Å². The van der Waals surface area contributed by atoms with Gasteiger partial charge in [-0.05, 0) is 45.8 Å². The summed E-state index contributed by atoms with van der Waals surface area (Å²) < 4.78 is 0. The van der Waals surface area contributed by atoms with Gasteiger partial charge in [-0.15, -0.1) is 0 Å². The van der Waals surface area contributed by atoms with Crippen LogP contribution in [-0.2, 0) is 0 Å². The van der Waals surface area contributed by atoms with Crippen molar-refractivity contribution in [2.45, 2.75) is 45.2 Å². The Hall–Kier alpha value is -0.120. The number of hydrogen-bond donors (Lipinski definition) is 1. The molecular formula is C13H28N2O. The van der Waals surface area contributed by atoms with Crippen molar-refractivity contribution in [1.29, 1.82) is 0 Å². The second-order valence-corrected chi connectivity index (χ2v) is 5.72. The molecule has 1 saturated heterocycles. The largest absolute Gasteiger partial charge is 0.395 e. The number of rotatable bonds is 6. The van der Waals surface area contributed by atoms with Crippen molar-refractivity contribution in [3.63, 3.8) is 0 Å². The monoisotopic (exact) mass is 228 g/mol. The summed E-state index contributed by atoms with van der Waals surface area (Å²) in [5, 5.41) is 9.31. The highest BCUT2D eigenvalue weighted by Gasteiger charge is 2.26.